The number of amides is 3. The lowest BCUT2D eigenvalue weighted by Crippen LogP contribution is -2.42. The van der Waals surface area contributed by atoms with Crippen molar-refractivity contribution in [1.29, 1.82) is 0 Å². The minimum atomic E-state index is -3.23. The Morgan fingerprint density at radius 2 is 1.81 bits per heavy atom. The van der Waals surface area contributed by atoms with E-state index in [2.05, 4.69) is 10.6 Å². The van der Waals surface area contributed by atoms with Crippen LogP contribution in [0, 0.1) is 0 Å². The van der Waals surface area contributed by atoms with E-state index in [1.54, 1.807) is 26.0 Å². The van der Waals surface area contributed by atoms with Gasteiger partial charge in [-0.25, -0.2) is 13.2 Å². The van der Waals surface area contributed by atoms with Crippen molar-refractivity contribution in [2.45, 2.75) is 28.9 Å². The second-order valence-electron chi connectivity index (χ2n) is 4.35. The molecule has 0 radical (unpaired) electrons. The molecule has 0 aliphatic rings. The van der Waals surface area contributed by atoms with Gasteiger partial charge in [0.1, 0.15) is 0 Å². The maximum Gasteiger partial charge on any atom is 0.321 e. The molecular formula is C13H18N2O4S2. The first-order chi connectivity index (χ1) is 9.74. The molecule has 21 heavy (non-hydrogen) atoms. The van der Waals surface area contributed by atoms with E-state index in [1.165, 1.54) is 23.9 Å². The van der Waals surface area contributed by atoms with Gasteiger partial charge in [0.2, 0.25) is 5.91 Å². The third-order valence-electron chi connectivity index (χ3n) is 2.51. The zero-order valence-corrected chi connectivity index (χ0v) is 13.7. The number of hydrogen-bond donors (Lipinski definition) is 2. The molecule has 0 fully saturated rings. The Morgan fingerprint density at radius 1 is 1.24 bits per heavy atom. The SMILES string of the molecule is CCNC(=O)NC(=O)C(C)Sc1ccc(S(C)(=O)=O)cc1. The van der Waals surface area contributed by atoms with Gasteiger partial charge in [0, 0.05) is 17.7 Å². The maximum absolute atomic E-state index is 11.8. The van der Waals surface area contributed by atoms with E-state index in [0.29, 0.717) is 6.54 Å². The van der Waals surface area contributed by atoms with Gasteiger partial charge in [0.15, 0.2) is 9.84 Å². The van der Waals surface area contributed by atoms with Crippen LogP contribution in [0.4, 0.5) is 4.79 Å². The van der Waals surface area contributed by atoms with Crippen molar-refractivity contribution in [3.8, 4) is 0 Å². The van der Waals surface area contributed by atoms with Crippen LogP contribution in [0.15, 0.2) is 34.1 Å². The summed E-state index contributed by atoms with van der Waals surface area (Å²) in [6.45, 7) is 3.86. The first-order valence-corrected chi connectivity index (χ1v) is 9.06. The zero-order valence-electron chi connectivity index (χ0n) is 12.0. The molecule has 1 atom stereocenters. The summed E-state index contributed by atoms with van der Waals surface area (Å²) in [7, 11) is -3.23. The van der Waals surface area contributed by atoms with Crippen molar-refractivity contribution in [2.24, 2.45) is 0 Å². The van der Waals surface area contributed by atoms with Gasteiger partial charge < -0.3 is 5.32 Å². The lowest BCUT2D eigenvalue weighted by atomic mass is 10.4. The minimum absolute atomic E-state index is 0.228. The highest BCUT2D eigenvalue weighted by Crippen LogP contribution is 2.24. The predicted molar refractivity (Wildman–Crippen MR) is 82.1 cm³/mol. The van der Waals surface area contributed by atoms with Gasteiger partial charge in [-0.15, -0.1) is 11.8 Å². The standard InChI is InChI=1S/C13H18N2O4S2/c1-4-14-13(17)15-12(16)9(2)20-10-5-7-11(8-6-10)21(3,18)19/h5-9H,4H2,1-3H3,(H2,14,15,16,17). The van der Waals surface area contributed by atoms with Gasteiger partial charge in [-0.1, -0.05) is 0 Å². The molecule has 0 heterocycles. The average molecular weight is 330 g/mol. The summed E-state index contributed by atoms with van der Waals surface area (Å²) in [4.78, 5) is 24.0. The number of urea groups is 1. The molecular weight excluding hydrogens is 312 g/mol. The number of imide groups is 1. The highest BCUT2D eigenvalue weighted by molar-refractivity contribution is 8.00. The van der Waals surface area contributed by atoms with Crippen LogP contribution in [-0.2, 0) is 14.6 Å². The van der Waals surface area contributed by atoms with E-state index in [4.69, 9.17) is 0 Å². The van der Waals surface area contributed by atoms with Crippen molar-refractivity contribution in [3.05, 3.63) is 24.3 Å². The molecule has 8 heteroatoms. The first kappa shape index (κ1) is 17.5. The lowest BCUT2D eigenvalue weighted by molar-refractivity contribution is -0.119. The molecule has 116 valence electrons. The summed E-state index contributed by atoms with van der Waals surface area (Å²) in [5.41, 5.74) is 0. The Kier molecular flexibility index (Phi) is 6.22. The monoisotopic (exact) mass is 330 g/mol. The van der Waals surface area contributed by atoms with Gasteiger partial charge in [0.05, 0.1) is 10.1 Å². The summed E-state index contributed by atoms with van der Waals surface area (Å²) >= 11 is 1.24. The second-order valence-corrected chi connectivity index (χ2v) is 7.78. The molecule has 1 rings (SSSR count). The fraction of sp³-hybridized carbons (Fsp3) is 0.385. The number of carbonyl (C=O) groups excluding carboxylic acids is 2. The molecule has 0 saturated carbocycles. The average Bonchev–Trinajstić information content (AvgIpc) is 2.38. The number of nitrogens with one attached hydrogen (secondary N) is 2. The first-order valence-electron chi connectivity index (χ1n) is 6.29. The molecule has 2 N–H and O–H groups in total. The van der Waals surface area contributed by atoms with Gasteiger partial charge >= 0.3 is 6.03 Å². The quantitative estimate of drug-likeness (QED) is 0.797. The Bertz CT molecular complexity index is 612. The molecule has 0 saturated heterocycles. The highest BCUT2D eigenvalue weighted by Gasteiger charge is 2.17. The van der Waals surface area contributed by atoms with Crippen LogP contribution in [-0.4, -0.2) is 38.4 Å². The number of rotatable bonds is 5. The third-order valence-corrected chi connectivity index (χ3v) is 4.75. The fourth-order valence-corrected chi connectivity index (χ4v) is 2.94. The van der Waals surface area contributed by atoms with E-state index in [-0.39, 0.29) is 4.90 Å². The van der Waals surface area contributed by atoms with Crippen LogP contribution < -0.4 is 10.6 Å². The highest BCUT2D eigenvalue weighted by atomic mass is 32.2. The number of thioether (sulfide) groups is 1. The molecule has 6 nitrogen and oxygen atoms in total. The third kappa shape index (κ3) is 5.76. The summed E-state index contributed by atoms with van der Waals surface area (Å²) in [5.74, 6) is -0.405. The molecule has 0 aromatic heterocycles. The van der Waals surface area contributed by atoms with Crippen LogP contribution in [0.3, 0.4) is 0 Å². The normalized spacial score (nSPS) is 12.5. The van der Waals surface area contributed by atoms with Crippen LogP contribution in [0.2, 0.25) is 0 Å². The summed E-state index contributed by atoms with van der Waals surface area (Å²) in [6, 6.07) is 5.73. The Labute approximate surface area is 128 Å². The molecule has 0 spiro atoms. The largest absolute Gasteiger partial charge is 0.338 e. The van der Waals surface area contributed by atoms with Gasteiger partial charge in [0.25, 0.3) is 0 Å². The van der Waals surface area contributed by atoms with E-state index < -0.39 is 27.0 Å². The number of benzene rings is 1. The molecule has 0 bridgehead atoms. The minimum Gasteiger partial charge on any atom is -0.338 e. The fourth-order valence-electron chi connectivity index (χ4n) is 1.44. The molecule has 1 unspecified atom stereocenters. The van der Waals surface area contributed by atoms with Crippen LogP contribution in [0.5, 0.6) is 0 Å². The van der Waals surface area contributed by atoms with Crippen LogP contribution >= 0.6 is 11.8 Å². The van der Waals surface area contributed by atoms with E-state index in [9.17, 15) is 18.0 Å². The number of sulfone groups is 1. The topological polar surface area (TPSA) is 92.3 Å². The number of hydrogen-bond acceptors (Lipinski definition) is 5. The molecule has 0 aliphatic heterocycles. The molecule has 1 aromatic carbocycles. The summed E-state index contributed by atoms with van der Waals surface area (Å²) in [5, 5.41) is 4.23. The summed E-state index contributed by atoms with van der Waals surface area (Å²) < 4.78 is 22.7. The van der Waals surface area contributed by atoms with E-state index >= 15 is 0 Å². The number of carbonyl (C=O) groups is 2. The van der Waals surface area contributed by atoms with Crippen molar-refractivity contribution in [2.75, 3.05) is 12.8 Å². The van der Waals surface area contributed by atoms with E-state index in [0.717, 1.165) is 11.2 Å². The molecule has 1 aromatic rings. The van der Waals surface area contributed by atoms with Gasteiger partial charge in [-0.3, -0.25) is 10.1 Å². The predicted octanol–water partition coefficient (Wildman–Crippen LogP) is 1.42. The van der Waals surface area contributed by atoms with Crippen molar-refractivity contribution < 1.29 is 18.0 Å². The molecule has 3 amide bonds. The van der Waals surface area contributed by atoms with Crippen LogP contribution in [0.25, 0.3) is 0 Å². The van der Waals surface area contributed by atoms with Crippen molar-refractivity contribution in [3.63, 3.8) is 0 Å². The van der Waals surface area contributed by atoms with Crippen LogP contribution in [0.1, 0.15) is 13.8 Å². The lowest BCUT2D eigenvalue weighted by Gasteiger charge is -2.11. The Morgan fingerprint density at radius 3 is 2.29 bits per heavy atom. The van der Waals surface area contributed by atoms with Crippen molar-refractivity contribution in [1.82, 2.24) is 10.6 Å². The van der Waals surface area contributed by atoms with Gasteiger partial charge in [-0.2, -0.15) is 0 Å². The second kappa shape index (κ2) is 7.46. The molecule has 0 aliphatic carbocycles. The Balaban J connectivity index is 2.64. The maximum atomic E-state index is 11.8. The van der Waals surface area contributed by atoms with Crippen molar-refractivity contribution >= 4 is 33.5 Å². The van der Waals surface area contributed by atoms with Gasteiger partial charge in [-0.05, 0) is 38.1 Å². The van der Waals surface area contributed by atoms with E-state index in [1.807, 2.05) is 0 Å². The Hall–Kier alpha value is -1.54. The summed E-state index contributed by atoms with van der Waals surface area (Å²) in [6.07, 6.45) is 1.14. The zero-order chi connectivity index (χ0) is 16.0. The smallest absolute Gasteiger partial charge is 0.321 e.